The molecule has 0 atom stereocenters. The number of aliphatic hydroxyl groups excluding tert-OH is 1. The second-order valence-corrected chi connectivity index (χ2v) is 3.23. The van der Waals surface area contributed by atoms with Gasteiger partial charge >= 0.3 is 0 Å². The van der Waals surface area contributed by atoms with Crippen molar-refractivity contribution in [2.24, 2.45) is 0 Å². The van der Waals surface area contributed by atoms with Gasteiger partial charge in [-0.2, -0.15) is 0 Å². The maximum Gasteiger partial charge on any atom is 0.173 e. The number of hydrogen-bond donors (Lipinski definition) is 3. The van der Waals surface area contributed by atoms with E-state index in [0.29, 0.717) is 12.2 Å². The summed E-state index contributed by atoms with van der Waals surface area (Å²) in [5.41, 5.74) is 2.07. The third-order valence-electron chi connectivity index (χ3n) is 2.32. The zero-order valence-electron chi connectivity index (χ0n) is 8.16. The molecule has 4 nitrogen and oxygen atoms in total. The number of hydrogen-bond acceptors (Lipinski definition) is 3. The molecule has 0 spiro atoms. The Morgan fingerprint density at radius 1 is 1.47 bits per heavy atom. The number of fused-ring (bicyclic) bond motifs is 1. The first-order valence-electron chi connectivity index (χ1n) is 4.71. The Hall–Kier alpha value is -1.81. The Kier molecular flexibility index (Phi) is 2.69. The molecular formula is C11H12N2O2. The van der Waals surface area contributed by atoms with Gasteiger partial charge in [0.05, 0.1) is 0 Å². The van der Waals surface area contributed by atoms with Crippen LogP contribution in [0.4, 0.5) is 0 Å². The van der Waals surface area contributed by atoms with Crippen LogP contribution in [0, 0.1) is 5.41 Å². The van der Waals surface area contributed by atoms with Crippen LogP contribution >= 0.6 is 0 Å². The van der Waals surface area contributed by atoms with E-state index in [9.17, 15) is 0 Å². The minimum absolute atomic E-state index is 0.128. The number of rotatable bonds is 4. The van der Waals surface area contributed by atoms with Gasteiger partial charge in [0, 0.05) is 23.7 Å². The lowest BCUT2D eigenvalue weighted by Gasteiger charge is -2.00. The van der Waals surface area contributed by atoms with E-state index in [1.165, 1.54) is 0 Å². The van der Waals surface area contributed by atoms with E-state index < -0.39 is 0 Å². The highest BCUT2D eigenvalue weighted by molar-refractivity contribution is 5.84. The van der Waals surface area contributed by atoms with Crippen LogP contribution in [0.3, 0.4) is 0 Å². The average molecular weight is 204 g/mol. The van der Waals surface area contributed by atoms with E-state index in [2.05, 4.69) is 4.98 Å². The molecule has 0 fully saturated rings. The van der Waals surface area contributed by atoms with Crippen molar-refractivity contribution in [1.29, 1.82) is 5.41 Å². The minimum atomic E-state index is 0.128. The van der Waals surface area contributed by atoms with E-state index in [4.69, 9.17) is 15.3 Å². The fourth-order valence-electron chi connectivity index (χ4n) is 1.63. The van der Waals surface area contributed by atoms with E-state index in [-0.39, 0.29) is 6.61 Å². The van der Waals surface area contributed by atoms with Crippen molar-refractivity contribution in [3.05, 3.63) is 30.0 Å². The average Bonchev–Trinajstić information content (AvgIpc) is 2.63. The molecule has 4 heteroatoms. The van der Waals surface area contributed by atoms with Crippen LogP contribution in [-0.2, 0) is 6.42 Å². The third kappa shape index (κ3) is 1.85. The summed E-state index contributed by atoms with van der Waals surface area (Å²) < 4.78 is 4.98. The van der Waals surface area contributed by atoms with Gasteiger partial charge in [-0.3, -0.25) is 5.41 Å². The molecule has 0 amide bonds. The summed E-state index contributed by atoms with van der Waals surface area (Å²) >= 11 is 0. The largest absolute Gasteiger partial charge is 0.446 e. The Morgan fingerprint density at radius 2 is 2.33 bits per heavy atom. The molecule has 0 saturated heterocycles. The molecule has 1 aromatic carbocycles. The summed E-state index contributed by atoms with van der Waals surface area (Å²) in [4.78, 5) is 3.12. The summed E-state index contributed by atoms with van der Waals surface area (Å²) in [6.45, 7) is 0.128. The Morgan fingerprint density at radius 3 is 3.07 bits per heavy atom. The number of aliphatic hydroxyl groups is 1. The molecule has 0 aliphatic carbocycles. The number of aromatic nitrogens is 1. The zero-order valence-corrected chi connectivity index (χ0v) is 8.16. The maximum absolute atomic E-state index is 8.89. The number of H-pyrrole nitrogens is 1. The van der Waals surface area contributed by atoms with Gasteiger partial charge in [0.15, 0.2) is 6.40 Å². The number of ether oxygens (including phenoxy) is 1. The predicted octanol–water partition coefficient (Wildman–Crippen LogP) is 1.69. The van der Waals surface area contributed by atoms with Crippen molar-refractivity contribution >= 4 is 17.3 Å². The number of aromatic amines is 1. The Balaban J connectivity index is 2.46. The smallest absolute Gasteiger partial charge is 0.173 e. The second-order valence-electron chi connectivity index (χ2n) is 3.23. The normalized spacial score (nSPS) is 10.5. The lowest BCUT2D eigenvalue weighted by Crippen LogP contribution is -1.90. The van der Waals surface area contributed by atoms with Crippen molar-refractivity contribution in [2.75, 3.05) is 6.61 Å². The van der Waals surface area contributed by atoms with Crippen molar-refractivity contribution < 1.29 is 9.84 Å². The molecule has 0 radical (unpaired) electrons. The molecule has 2 rings (SSSR count). The molecule has 0 aliphatic rings. The molecule has 1 aromatic heterocycles. The van der Waals surface area contributed by atoms with Crippen molar-refractivity contribution in [3.8, 4) is 5.75 Å². The fraction of sp³-hybridized carbons (Fsp3) is 0.182. The van der Waals surface area contributed by atoms with Crippen molar-refractivity contribution in [1.82, 2.24) is 4.98 Å². The topological polar surface area (TPSA) is 69.1 Å². The summed E-state index contributed by atoms with van der Waals surface area (Å²) in [5, 5.41) is 16.8. The van der Waals surface area contributed by atoms with Crippen LogP contribution in [0.5, 0.6) is 5.75 Å². The van der Waals surface area contributed by atoms with Crippen LogP contribution in [0.15, 0.2) is 24.4 Å². The molecule has 3 N–H and O–H groups in total. The zero-order chi connectivity index (χ0) is 10.7. The Labute approximate surface area is 87.0 Å². The molecule has 1 heterocycles. The highest BCUT2D eigenvalue weighted by Gasteiger charge is 2.04. The minimum Gasteiger partial charge on any atom is -0.446 e. The van der Waals surface area contributed by atoms with E-state index in [1.54, 1.807) is 6.07 Å². The molecule has 0 bridgehead atoms. The van der Waals surface area contributed by atoms with E-state index in [0.717, 1.165) is 22.9 Å². The SMILES string of the molecule is N=COc1ccc2[nH]cc(CCO)c2c1. The summed E-state index contributed by atoms with van der Waals surface area (Å²) in [6.07, 6.45) is 3.41. The molecular weight excluding hydrogens is 192 g/mol. The van der Waals surface area contributed by atoms with Gasteiger partial charge in [0.1, 0.15) is 5.75 Å². The van der Waals surface area contributed by atoms with Gasteiger partial charge in [-0.05, 0) is 30.2 Å². The van der Waals surface area contributed by atoms with Crippen LogP contribution in [0.2, 0.25) is 0 Å². The van der Waals surface area contributed by atoms with Gasteiger partial charge in [0.2, 0.25) is 0 Å². The highest BCUT2D eigenvalue weighted by atomic mass is 16.5. The fourth-order valence-corrected chi connectivity index (χ4v) is 1.63. The standard InChI is InChI=1S/C11H12N2O2/c12-7-15-9-1-2-11-10(5-9)8(3-4-14)6-13-11/h1-2,5-7,12-14H,3-4H2. The van der Waals surface area contributed by atoms with Gasteiger partial charge < -0.3 is 14.8 Å². The molecule has 15 heavy (non-hydrogen) atoms. The first-order chi connectivity index (χ1) is 7.35. The molecule has 2 aromatic rings. The molecule has 0 saturated carbocycles. The number of nitrogens with one attached hydrogen (secondary N) is 2. The molecule has 0 aliphatic heterocycles. The monoisotopic (exact) mass is 204 g/mol. The summed E-state index contributed by atoms with van der Waals surface area (Å²) in [6, 6.07) is 5.56. The van der Waals surface area contributed by atoms with Crippen LogP contribution in [-0.4, -0.2) is 23.1 Å². The van der Waals surface area contributed by atoms with Gasteiger partial charge in [-0.1, -0.05) is 0 Å². The van der Waals surface area contributed by atoms with E-state index >= 15 is 0 Å². The van der Waals surface area contributed by atoms with Crippen LogP contribution in [0.1, 0.15) is 5.56 Å². The maximum atomic E-state index is 8.89. The molecule has 0 unspecified atom stereocenters. The summed E-state index contributed by atoms with van der Waals surface area (Å²) in [5.74, 6) is 0.635. The molecule has 78 valence electrons. The second kappa shape index (κ2) is 4.14. The van der Waals surface area contributed by atoms with E-state index in [1.807, 2.05) is 18.3 Å². The quantitative estimate of drug-likeness (QED) is 0.524. The first-order valence-corrected chi connectivity index (χ1v) is 4.71. The third-order valence-corrected chi connectivity index (χ3v) is 2.32. The van der Waals surface area contributed by atoms with Crippen molar-refractivity contribution in [3.63, 3.8) is 0 Å². The number of benzene rings is 1. The van der Waals surface area contributed by atoms with Gasteiger partial charge in [-0.15, -0.1) is 0 Å². The Bertz CT molecular complexity index is 476. The predicted molar refractivity (Wildman–Crippen MR) is 58.5 cm³/mol. The van der Waals surface area contributed by atoms with Crippen LogP contribution in [0.25, 0.3) is 10.9 Å². The van der Waals surface area contributed by atoms with Crippen LogP contribution < -0.4 is 4.74 Å². The highest BCUT2D eigenvalue weighted by Crippen LogP contribution is 2.23. The van der Waals surface area contributed by atoms with Gasteiger partial charge in [-0.25, -0.2) is 0 Å². The van der Waals surface area contributed by atoms with Crippen molar-refractivity contribution in [2.45, 2.75) is 6.42 Å². The first kappa shape index (κ1) is 9.73. The lowest BCUT2D eigenvalue weighted by molar-refractivity contribution is 0.300. The summed E-state index contributed by atoms with van der Waals surface area (Å²) in [7, 11) is 0. The lowest BCUT2D eigenvalue weighted by atomic mass is 10.1. The van der Waals surface area contributed by atoms with Gasteiger partial charge in [0.25, 0.3) is 0 Å².